The van der Waals surface area contributed by atoms with Crippen molar-refractivity contribution in [2.24, 2.45) is 0 Å². The van der Waals surface area contributed by atoms with E-state index < -0.39 is 0 Å². The van der Waals surface area contributed by atoms with Gasteiger partial charge in [0.2, 0.25) is 0 Å². The maximum atomic E-state index is 12.2. The Bertz CT molecular complexity index is 489. The first kappa shape index (κ1) is 15.6. The summed E-state index contributed by atoms with van der Waals surface area (Å²) in [5, 5.41) is 0. The van der Waals surface area contributed by atoms with Gasteiger partial charge in [0.05, 0.1) is 18.3 Å². The van der Waals surface area contributed by atoms with Crippen LogP contribution in [0.1, 0.15) is 43.0 Å². The minimum absolute atomic E-state index is 0.0897. The molecule has 1 aromatic rings. The zero-order chi connectivity index (χ0) is 15.2. The largest absolute Gasteiger partial charge is 0.494 e. The van der Waals surface area contributed by atoms with Crippen LogP contribution >= 0.6 is 0 Å². The van der Waals surface area contributed by atoms with E-state index in [0.717, 1.165) is 25.7 Å². The molecule has 5 heteroatoms. The molecule has 1 aromatic carbocycles. The monoisotopic (exact) mass is 293 g/mol. The zero-order valence-corrected chi connectivity index (χ0v) is 12.6. The van der Waals surface area contributed by atoms with Crippen molar-refractivity contribution in [1.29, 1.82) is 0 Å². The van der Waals surface area contributed by atoms with Crippen LogP contribution in [0.3, 0.4) is 0 Å². The molecule has 0 saturated heterocycles. The number of carbonyl (C=O) groups excluding carboxylic acids is 1. The predicted molar refractivity (Wildman–Crippen MR) is 80.5 cm³/mol. The quantitative estimate of drug-likeness (QED) is 0.667. The van der Waals surface area contributed by atoms with Crippen molar-refractivity contribution in [2.75, 3.05) is 19.5 Å². The molecule has 21 heavy (non-hydrogen) atoms. The normalized spacial score (nSPS) is 21.8. The van der Waals surface area contributed by atoms with Gasteiger partial charge >= 0.3 is 5.97 Å². The number of anilines is 1. The van der Waals surface area contributed by atoms with Crippen LogP contribution in [-0.4, -0.2) is 31.9 Å². The third-order valence-corrected chi connectivity index (χ3v) is 3.66. The number of nitrogens with two attached hydrogens (primary N) is 1. The number of benzene rings is 1. The number of nitrogen functional groups attached to an aromatic ring is 1. The summed E-state index contributed by atoms with van der Waals surface area (Å²) in [6.07, 6.45) is 3.76. The fourth-order valence-corrected chi connectivity index (χ4v) is 2.63. The van der Waals surface area contributed by atoms with Crippen molar-refractivity contribution in [3.63, 3.8) is 0 Å². The van der Waals surface area contributed by atoms with Gasteiger partial charge in [-0.25, -0.2) is 4.79 Å². The van der Waals surface area contributed by atoms with Gasteiger partial charge in [-0.15, -0.1) is 0 Å². The number of hydrogen-bond acceptors (Lipinski definition) is 5. The second kappa shape index (κ2) is 7.31. The van der Waals surface area contributed by atoms with Crippen molar-refractivity contribution in [1.82, 2.24) is 0 Å². The van der Waals surface area contributed by atoms with Gasteiger partial charge in [-0.05, 0) is 38.3 Å². The SMILES string of the molecule is CCOc1cc(N)cc(C(=O)OC2CCCC(OC)C2)c1. The van der Waals surface area contributed by atoms with Crippen LogP contribution in [0, 0.1) is 0 Å². The molecule has 2 unspecified atom stereocenters. The van der Waals surface area contributed by atoms with Gasteiger partial charge in [-0.1, -0.05) is 0 Å². The lowest BCUT2D eigenvalue weighted by molar-refractivity contribution is -0.0149. The van der Waals surface area contributed by atoms with E-state index in [1.54, 1.807) is 25.3 Å². The third kappa shape index (κ3) is 4.36. The molecule has 1 fully saturated rings. The van der Waals surface area contributed by atoms with E-state index >= 15 is 0 Å². The van der Waals surface area contributed by atoms with Gasteiger partial charge in [-0.3, -0.25) is 0 Å². The Morgan fingerprint density at radius 1 is 1.29 bits per heavy atom. The summed E-state index contributed by atoms with van der Waals surface area (Å²) >= 11 is 0. The molecular formula is C16H23NO4. The second-order valence-electron chi connectivity index (χ2n) is 5.28. The Morgan fingerprint density at radius 3 is 2.76 bits per heavy atom. The molecule has 1 aliphatic carbocycles. The van der Waals surface area contributed by atoms with Crippen molar-refractivity contribution >= 4 is 11.7 Å². The van der Waals surface area contributed by atoms with Gasteiger partial charge in [0.25, 0.3) is 0 Å². The van der Waals surface area contributed by atoms with Crippen LogP contribution in [0.15, 0.2) is 18.2 Å². The summed E-state index contributed by atoms with van der Waals surface area (Å²) in [6.45, 7) is 2.41. The molecule has 0 spiro atoms. The topological polar surface area (TPSA) is 70.8 Å². The van der Waals surface area contributed by atoms with Crippen molar-refractivity contribution in [2.45, 2.75) is 44.8 Å². The Labute approximate surface area is 125 Å². The first-order valence-electron chi connectivity index (χ1n) is 7.39. The summed E-state index contributed by atoms with van der Waals surface area (Å²) in [6, 6.07) is 4.97. The molecule has 2 N–H and O–H groups in total. The smallest absolute Gasteiger partial charge is 0.338 e. The zero-order valence-electron chi connectivity index (χ0n) is 12.6. The first-order chi connectivity index (χ1) is 10.1. The Hall–Kier alpha value is -1.75. The summed E-state index contributed by atoms with van der Waals surface area (Å²) < 4.78 is 16.3. The molecular weight excluding hydrogens is 270 g/mol. The van der Waals surface area contributed by atoms with Crippen LogP contribution in [-0.2, 0) is 9.47 Å². The first-order valence-corrected chi connectivity index (χ1v) is 7.39. The number of esters is 1. The van der Waals surface area contributed by atoms with Crippen molar-refractivity contribution in [3.8, 4) is 5.75 Å². The minimum Gasteiger partial charge on any atom is -0.494 e. The molecule has 0 amide bonds. The van der Waals surface area contributed by atoms with Crippen molar-refractivity contribution in [3.05, 3.63) is 23.8 Å². The molecule has 0 bridgehead atoms. The molecule has 0 aromatic heterocycles. The predicted octanol–water partition coefficient (Wildman–Crippen LogP) is 2.78. The van der Waals surface area contributed by atoms with Gasteiger partial charge in [0, 0.05) is 25.3 Å². The number of methoxy groups -OCH3 is 1. The van der Waals surface area contributed by atoms with Crippen LogP contribution < -0.4 is 10.5 Å². The summed E-state index contributed by atoms with van der Waals surface area (Å²) in [4.78, 5) is 12.2. The fourth-order valence-electron chi connectivity index (χ4n) is 2.63. The minimum atomic E-state index is -0.356. The number of rotatable bonds is 5. The van der Waals surface area contributed by atoms with Gasteiger partial charge in [0.15, 0.2) is 0 Å². The van der Waals surface area contributed by atoms with E-state index in [0.29, 0.717) is 23.6 Å². The van der Waals surface area contributed by atoms with Crippen LogP contribution in [0.4, 0.5) is 5.69 Å². The maximum absolute atomic E-state index is 12.2. The van der Waals surface area contributed by atoms with E-state index in [1.165, 1.54) is 0 Å². The molecule has 2 atom stereocenters. The van der Waals surface area contributed by atoms with Gasteiger partial charge in [0.1, 0.15) is 11.9 Å². The lowest BCUT2D eigenvalue weighted by Crippen LogP contribution is -2.29. The highest BCUT2D eigenvalue weighted by Gasteiger charge is 2.25. The second-order valence-corrected chi connectivity index (χ2v) is 5.28. The molecule has 5 nitrogen and oxygen atoms in total. The number of ether oxygens (including phenoxy) is 3. The third-order valence-electron chi connectivity index (χ3n) is 3.66. The van der Waals surface area contributed by atoms with E-state index in [-0.39, 0.29) is 18.2 Å². The van der Waals surface area contributed by atoms with E-state index in [9.17, 15) is 4.79 Å². The van der Waals surface area contributed by atoms with Gasteiger partial charge < -0.3 is 19.9 Å². The van der Waals surface area contributed by atoms with Gasteiger partial charge in [-0.2, -0.15) is 0 Å². The number of carbonyl (C=O) groups is 1. The Balaban J connectivity index is 2.02. The van der Waals surface area contributed by atoms with Crippen LogP contribution in [0.5, 0.6) is 5.75 Å². The molecule has 1 saturated carbocycles. The number of hydrogen-bond donors (Lipinski definition) is 1. The molecule has 0 aliphatic heterocycles. The van der Waals surface area contributed by atoms with Crippen LogP contribution in [0.25, 0.3) is 0 Å². The molecule has 0 heterocycles. The highest BCUT2D eigenvalue weighted by Crippen LogP contribution is 2.25. The fraction of sp³-hybridized carbons (Fsp3) is 0.562. The average molecular weight is 293 g/mol. The molecule has 0 radical (unpaired) electrons. The average Bonchev–Trinajstić information content (AvgIpc) is 2.47. The maximum Gasteiger partial charge on any atom is 0.338 e. The standard InChI is InChI=1S/C16H23NO4/c1-3-20-15-8-11(7-12(17)9-15)16(18)21-14-6-4-5-13(10-14)19-2/h7-9,13-14H,3-6,10,17H2,1-2H3. The van der Waals surface area contributed by atoms with Crippen molar-refractivity contribution < 1.29 is 19.0 Å². The highest BCUT2D eigenvalue weighted by atomic mass is 16.5. The summed E-state index contributed by atoms with van der Waals surface area (Å²) in [7, 11) is 1.70. The van der Waals surface area contributed by atoms with Crippen LogP contribution in [0.2, 0.25) is 0 Å². The summed E-state index contributed by atoms with van der Waals surface area (Å²) in [5.41, 5.74) is 6.72. The molecule has 2 rings (SSSR count). The lowest BCUT2D eigenvalue weighted by Gasteiger charge is -2.27. The molecule has 116 valence electrons. The highest BCUT2D eigenvalue weighted by molar-refractivity contribution is 5.91. The molecule has 1 aliphatic rings. The van der Waals surface area contributed by atoms with E-state index in [1.807, 2.05) is 6.92 Å². The lowest BCUT2D eigenvalue weighted by atomic mass is 9.95. The van der Waals surface area contributed by atoms with E-state index in [4.69, 9.17) is 19.9 Å². The van der Waals surface area contributed by atoms with E-state index in [2.05, 4.69) is 0 Å². The summed E-state index contributed by atoms with van der Waals surface area (Å²) in [5.74, 6) is 0.230. The Kier molecular flexibility index (Phi) is 5.44. The Morgan fingerprint density at radius 2 is 2.05 bits per heavy atom.